The number of carbonyl (C=O) groups is 1. The molecular formula is C22H40O. The van der Waals surface area contributed by atoms with Crippen LogP contribution in [0, 0.1) is 23.7 Å². The zero-order valence-electron chi connectivity index (χ0n) is 15.6. The average molecular weight is 321 g/mol. The number of carbonyl (C=O) groups excluding carboxylic acids is 1. The molecule has 2 fully saturated rings. The van der Waals surface area contributed by atoms with Gasteiger partial charge in [-0.3, -0.25) is 0 Å². The van der Waals surface area contributed by atoms with Gasteiger partial charge in [0.15, 0.2) is 0 Å². The third kappa shape index (κ3) is 7.40. The minimum absolute atomic E-state index is 0.387. The smallest absolute Gasteiger partial charge is 0.123 e. The summed E-state index contributed by atoms with van der Waals surface area (Å²) in [6.45, 7) is 2.37. The summed E-state index contributed by atoms with van der Waals surface area (Å²) in [5, 5.41) is 0. The highest BCUT2D eigenvalue weighted by molar-refractivity contribution is 5.53. The van der Waals surface area contributed by atoms with Crippen LogP contribution < -0.4 is 0 Å². The first-order chi connectivity index (χ1) is 11.3. The van der Waals surface area contributed by atoms with Crippen molar-refractivity contribution >= 4 is 6.29 Å². The molecule has 1 nitrogen and oxygen atoms in total. The predicted octanol–water partition coefficient (Wildman–Crippen LogP) is 6.94. The second kappa shape index (κ2) is 11.3. The fraction of sp³-hybridized carbons (Fsp3) is 0.955. The van der Waals surface area contributed by atoms with Crippen LogP contribution in [-0.4, -0.2) is 6.29 Å². The largest absolute Gasteiger partial charge is 0.303 e. The summed E-state index contributed by atoms with van der Waals surface area (Å²) in [4.78, 5) is 10.8. The number of unbranched alkanes of at least 4 members (excludes halogenated alkanes) is 4. The Balaban J connectivity index is 1.40. The Morgan fingerprint density at radius 2 is 1.35 bits per heavy atom. The van der Waals surface area contributed by atoms with Crippen LogP contribution in [0.15, 0.2) is 0 Å². The first kappa shape index (κ1) is 19.0. The standard InChI is InChI=1S/C22H40O/c1-2-19-11-8-12-21(17-19)10-7-5-3-4-6-9-20-13-15-22(18-23)16-14-20/h18-22H,2-17H2,1H3. The quantitative estimate of drug-likeness (QED) is 0.315. The zero-order chi connectivity index (χ0) is 16.3. The molecular weight excluding hydrogens is 280 g/mol. The van der Waals surface area contributed by atoms with E-state index in [2.05, 4.69) is 6.92 Å². The van der Waals surface area contributed by atoms with E-state index in [-0.39, 0.29) is 0 Å². The minimum Gasteiger partial charge on any atom is -0.303 e. The van der Waals surface area contributed by atoms with Crippen LogP contribution in [0.3, 0.4) is 0 Å². The lowest BCUT2D eigenvalue weighted by atomic mass is 9.78. The maximum atomic E-state index is 10.8. The molecule has 2 atom stereocenters. The highest BCUT2D eigenvalue weighted by Gasteiger charge is 2.21. The number of aldehydes is 1. The fourth-order valence-electron chi connectivity index (χ4n) is 5.04. The van der Waals surface area contributed by atoms with E-state index >= 15 is 0 Å². The monoisotopic (exact) mass is 320 g/mol. The molecule has 134 valence electrons. The first-order valence-electron chi connectivity index (χ1n) is 10.8. The molecule has 1 heteroatoms. The van der Waals surface area contributed by atoms with Crippen molar-refractivity contribution in [3.63, 3.8) is 0 Å². The van der Waals surface area contributed by atoms with E-state index in [0.29, 0.717) is 5.92 Å². The van der Waals surface area contributed by atoms with Gasteiger partial charge in [0.1, 0.15) is 6.29 Å². The van der Waals surface area contributed by atoms with Crippen molar-refractivity contribution in [2.24, 2.45) is 23.7 Å². The van der Waals surface area contributed by atoms with Gasteiger partial charge >= 0.3 is 0 Å². The van der Waals surface area contributed by atoms with Crippen molar-refractivity contribution in [3.05, 3.63) is 0 Å². The number of rotatable bonds is 10. The van der Waals surface area contributed by atoms with E-state index in [0.717, 1.165) is 30.6 Å². The van der Waals surface area contributed by atoms with Gasteiger partial charge in [0.05, 0.1) is 0 Å². The maximum Gasteiger partial charge on any atom is 0.123 e. The molecule has 0 heterocycles. The molecule has 2 aliphatic carbocycles. The molecule has 0 spiro atoms. The summed E-state index contributed by atoms with van der Waals surface area (Å²) in [6, 6.07) is 0. The van der Waals surface area contributed by atoms with Gasteiger partial charge in [-0.1, -0.05) is 77.6 Å². The van der Waals surface area contributed by atoms with Gasteiger partial charge < -0.3 is 4.79 Å². The van der Waals surface area contributed by atoms with E-state index in [9.17, 15) is 4.79 Å². The summed E-state index contributed by atoms with van der Waals surface area (Å²) in [5.74, 6) is 3.42. The summed E-state index contributed by atoms with van der Waals surface area (Å²) in [6.07, 6.45) is 23.8. The van der Waals surface area contributed by atoms with Crippen molar-refractivity contribution in [1.82, 2.24) is 0 Å². The molecule has 0 bridgehead atoms. The van der Waals surface area contributed by atoms with Gasteiger partial charge in [-0.25, -0.2) is 0 Å². The molecule has 0 aliphatic heterocycles. The summed E-state index contributed by atoms with van der Waals surface area (Å²) >= 11 is 0. The molecule has 2 aliphatic rings. The Labute approximate surface area is 145 Å². The van der Waals surface area contributed by atoms with Crippen molar-refractivity contribution < 1.29 is 4.79 Å². The van der Waals surface area contributed by atoms with Crippen molar-refractivity contribution in [2.75, 3.05) is 0 Å². The molecule has 0 aromatic carbocycles. The Morgan fingerprint density at radius 3 is 2.00 bits per heavy atom. The Hall–Kier alpha value is -0.330. The van der Waals surface area contributed by atoms with Crippen LogP contribution in [0.25, 0.3) is 0 Å². The van der Waals surface area contributed by atoms with Crippen LogP contribution in [-0.2, 0) is 4.79 Å². The highest BCUT2D eigenvalue weighted by atomic mass is 16.1. The third-order valence-electron chi connectivity index (χ3n) is 6.78. The Bertz CT molecular complexity index is 303. The lowest BCUT2D eigenvalue weighted by Gasteiger charge is -2.28. The van der Waals surface area contributed by atoms with Crippen LogP contribution >= 0.6 is 0 Å². The van der Waals surface area contributed by atoms with Crippen molar-refractivity contribution in [3.8, 4) is 0 Å². The van der Waals surface area contributed by atoms with E-state index in [4.69, 9.17) is 0 Å². The van der Waals surface area contributed by atoms with Gasteiger partial charge in [-0.2, -0.15) is 0 Å². The van der Waals surface area contributed by atoms with Crippen LogP contribution in [0.1, 0.15) is 110 Å². The van der Waals surface area contributed by atoms with Crippen molar-refractivity contribution in [1.29, 1.82) is 0 Å². The molecule has 0 aromatic rings. The molecule has 2 unspecified atom stereocenters. The first-order valence-corrected chi connectivity index (χ1v) is 10.8. The second-order valence-corrected chi connectivity index (χ2v) is 8.57. The van der Waals surface area contributed by atoms with Gasteiger partial charge in [-0.15, -0.1) is 0 Å². The number of hydrogen-bond acceptors (Lipinski definition) is 1. The summed E-state index contributed by atoms with van der Waals surface area (Å²) in [5.41, 5.74) is 0. The molecule has 0 N–H and O–H groups in total. The number of hydrogen-bond donors (Lipinski definition) is 0. The second-order valence-electron chi connectivity index (χ2n) is 8.57. The van der Waals surface area contributed by atoms with Crippen molar-refractivity contribution in [2.45, 2.75) is 110 Å². The highest BCUT2D eigenvalue weighted by Crippen LogP contribution is 2.34. The molecule has 0 saturated heterocycles. The van der Waals surface area contributed by atoms with Crippen LogP contribution in [0.2, 0.25) is 0 Å². The zero-order valence-corrected chi connectivity index (χ0v) is 15.6. The fourth-order valence-corrected chi connectivity index (χ4v) is 5.04. The van der Waals surface area contributed by atoms with E-state index < -0.39 is 0 Å². The lowest BCUT2D eigenvalue weighted by Crippen LogP contribution is -2.15. The van der Waals surface area contributed by atoms with E-state index in [1.165, 1.54) is 96.2 Å². The minimum atomic E-state index is 0.387. The molecule has 23 heavy (non-hydrogen) atoms. The molecule has 2 saturated carbocycles. The predicted molar refractivity (Wildman–Crippen MR) is 99.6 cm³/mol. The molecule has 2 rings (SSSR count). The van der Waals surface area contributed by atoms with Crippen LogP contribution in [0.5, 0.6) is 0 Å². The normalized spacial score (nSPS) is 31.9. The molecule has 0 radical (unpaired) electrons. The third-order valence-corrected chi connectivity index (χ3v) is 6.78. The topological polar surface area (TPSA) is 17.1 Å². The SMILES string of the molecule is CCC1CCCC(CCCCCCCC2CCC(C=O)CC2)C1. The summed E-state index contributed by atoms with van der Waals surface area (Å²) in [7, 11) is 0. The maximum absolute atomic E-state index is 10.8. The van der Waals surface area contributed by atoms with E-state index in [1.54, 1.807) is 0 Å². The summed E-state index contributed by atoms with van der Waals surface area (Å²) < 4.78 is 0. The average Bonchev–Trinajstić information content (AvgIpc) is 2.61. The van der Waals surface area contributed by atoms with Crippen LogP contribution in [0.4, 0.5) is 0 Å². The van der Waals surface area contributed by atoms with Gasteiger partial charge in [0.2, 0.25) is 0 Å². The van der Waals surface area contributed by atoms with E-state index in [1.807, 2.05) is 0 Å². The molecule has 0 amide bonds. The van der Waals surface area contributed by atoms with Gasteiger partial charge in [-0.05, 0) is 49.9 Å². The molecule has 0 aromatic heterocycles. The van der Waals surface area contributed by atoms with Gasteiger partial charge in [0, 0.05) is 5.92 Å². The van der Waals surface area contributed by atoms with Gasteiger partial charge in [0.25, 0.3) is 0 Å². The lowest BCUT2D eigenvalue weighted by molar-refractivity contribution is -0.112. The Morgan fingerprint density at radius 1 is 0.739 bits per heavy atom. The Kier molecular flexibility index (Phi) is 9.31.